The molecule has 26 heavy (non-hydrogen) atoms. The van der Waals surface area contributed by atoms with E-state index in [0.29, 0.717) is 25.5 Å². The average Bonchev–Trinajstić information content (AvgIpc) is 2.52. The molecule has 1 rings (SSSR count). The summed E-state index contributed by atoms with van der Waals surface area (Å²) in [5.41, 5.74) is 0.534. The van der Waals surface area contributed by atoms with Gasteiger partial charge >= 0.3 is 6.18 Å². The molecular weight excluding hydrogens is 465 g/mol. The molecule has 1 aromatic rings. The van der Waals surface area contributed by atoms with E-state index in [2.05, 4.69) is 20.4 Å². The van der Waals surface area contributed by atoms with Gasteiger partial charge in [-0.25, -0.2) is 4.39 Å². The number of guanidine groups is 1. The SMILES string of the molecule is CN=C(NCCCOCC(F)(F)F)NCC(C)(C)c1cccc(F)c1.I. The zero-order valence-corrected chi connectivity index (χ0v) is 17.5. The third-order valence-corrected chi connectivity index (χ3v) is 3.55. The van der Waals surface area contributed by atoms with Gasteiger partial charge in [0.1, 0.15) is 12.4 Å². The van der Waals surface area contributed by atoms with Gasteiger partial charge in [0.15, 0.2) is 5.96 Å². The summed E-state index contributed by atoms with van der Waals surface area (Å²) in [6.07, 6.45) is -3.88. The van der Waals surface area contributed by atoms with E-state index in [9.17, 15) is 17.6 Å². The molecule has 0 saturated carbocycles. The van der Waals surface area contributed by atoms with Crippen LogP contribution in [0, 0.1) is 5.82 Å². The summed E-state index contributed by atoms with van der Waals surface area (Å²) >= 11 is 0. The maximum atomic E-state index is 13.4. The highest BCUT2D eigenvalue weighted by Crippen LogP contribution is 2.22. The Balaban J connectivity index is 0.00000625. The lowest BCUT2D eigenvalue weighted by atomic mass is 9.84. The number of halogens is 5. The Hall–Kier alpha value is -1.10. The molecule has 4 nitrogen and oxygen atoms in total. The normalized spacial score (nSPS) is 12.5. The fourth-order valence-corrected chi connectivity index (χ4v) is 2.11. The highest BCUT2D eigenvalue weighted by molar-refractivity contribution is 14.0. The first kappa shape index (κ1) is 24.9. The molecule has 0 aromatic heterocycles. The van der Waals surface area contributed by atoms with Crippen LogP contribution in [-0.2, 0) is 10.2 Å². The van der Waals surface area contributed by atoms with Gasteiger partial charge in [-0.2, -0.15) is 13.2 Å². The minimum atomic E-state index is -4.30. The van der Waals surface area contributed by atoms with Crippen LogP contribution in [0.3, 0.4) is 0 Å². The molecule has 0 amide bonds. The molecule has 0 aliphatic carbocycles. The second kappa shape index (κ2) is 11.6. The van der Waals surface area contributed by atoms with Crippen LogP contribution >= 0.6 is 24.0 Å². The molecule has 0 saturated heterocycles. The Morgan fingerprint density at radius 3 is 2.46 bits per heavy atom. The summed E-state index contributed by atoms with van der Waals surface area (Å²) in [7, 11) is 1.60. The monoisotopic (exact) mass is 491 g/mol. The Labute approximate surface area is 168 Å². The predicted molar refractivity (Wildman–Crippen MR) is 106 cm³/mol. The Bertz CT molecular complexity index is 565. The number of hydrogen-bond acceptors (Lipinski definition) is 2. The number of ether oxygens (including phenoxy) is 1. The number of aliphatic imine (C=N–C) groups is 1. The third-order valence-electron chi connectivity index (χ3n) is 3.55. The highest BCUT2D eigenvalue weighted by Gasteiger charge is 2.27. The molecule has 0 radical (unpaired) electrons. The van der Waals surface area contributed by atoms with E-state index in [1.54, 1.807) is 13.1 Å². The molecule has 150 valence electrons. The van der Waals surface area contributed by atoms with Crippen molar-refractivity contribution >= 4 is 29.9 Å². The van der Waals surface area contributed by atoms with Gasteiger partial charge in [0.2, 0.25) is 0 Å². The minimum absolute atomic E-state index is 0. The van der Waals surface area contributed by atoms with E-state index in [1.165, 1.54) is 12.1 Å². The number of alkyl halides is 3. The fraction of sp³-hybridized carbons (Fsp3) is 0.588. The number of hydrogen-bond donors (Lipinski definition) is 2. The van der Waals surface area contributed by atoms with Gasteiger partial charge in [-0.05, 0) is 24.1 Å². The van der Waals surface area contributed by atoms with Gasteiger partial charge in [0, 0.05) is 32.2 Å². The van der Waals surface area contributed by atoms with Crippen molar-refractivity contribution in [2.75, 3.05) is 33.4 Å². The maximum absolute atomic E-state index is 13.4. The first-order valence-electron chi connectivity index (χ1n) is 7.99. The van der Waals surface area contributed by atoms with Crippen LogP contribution in [0.2, 0.25) is 0 Å². The van der Waals surface area contributed by atoms with Gasteiger partial charge < -0.3 is 15.4 Å². The zero-order chi connectivity index (χ0) is 18.9. The van der Waals surface area contributed by atoms with E-state index in [-0.39, 0.29) is 41.8 Å². The molecule has 0 unspecified atom stereocenters. The summed E-state index contributed by atoms with van der Waals surface area (Å²) in [4.78, 5) is 4.06. The molecule has 0 spiro atoms. The van der Waals surface area contributed by atoms with Crippen molar-refractivity contribution < 1.29 is 22.3 Å². The van der Waals surface area contributed by atoms with Crippen molar-refractivity contribution in [3.8, 4) is 0 Å². The Kier molecular flexibility index (Phi) is 11.1. The topological polar surface area (TPSA) is 45.7 Å². The van der Waals surface area contributed by atoms with Gasteiger partial charge in [-0.15, -0.1) is 24.0 Å². The lowest BCUT2D eigenvalue weighted by molar-refractivity contribution is -0.173. The maximum Gasteiger partial charge on any atom is 0.411 e. The van der Waals surface area contributed by atoms with Crippen LogP contribution in [0.4, 0.5) is 17.6 Å². The Morgan fingerprint density at radius 1 is 1.19 bits per heavy atom. The van der Waals surface area contributed by atoms with Gasteiger partial charge in [-0.3, -0.25) is 4.99 Å². The van der Waals surface area contributed by atoms with Gasteiger partial charge in [0.05, 0.1) is 0 Å². The summed E-state index contributed by atoms with van der Waals surface area (Å²) in [5, 5.41) is 6.14. The van der Waals surface area contributed by atoms with E-state index in [0.717, 1.165) is 5.56 Å². The summed E-state index contributed by atoms with van der Waals surface area (Å²) in [5.74, 6) is 0.243. The molecule has 0 fully saturated rings. The number of benzene rings is 1. The molecule has 9 heteroatoms. The molecule has 0 aliphatic rings. The molecule has 2 N–H and O–H groups in total. The van der Waals surface area contributed by atoms with Crippen LogP contribution in [0.5, 0.6) is 0 Å². The standard InChI is InChI=1S/C17H25F4N3O.HI/c1-16(2,13-6-4-7-14(18)10-13)11-24-15(22-3)23-8-5-9-25-12-17(19,20)21;/h4,6-7,10H,5,8-9,11-12H2,1-3H3,(H2,22,23,24);1H. The van der Waals surface area contributed by atoms with Crippen molar-refractivity contribution in [1.82, 2.24) is 10.6 Å². The fourth-order valence-electron chi connectivity index (χ4n) is 2.11. The second-order valence-corrected chi connectivity index (χ2v) is 6.27. The molecule has 0 atom stereocenters. The van der Waals surface area contributed by atoms with E-state index in [1.807, 2.05) is 19.9 Å². The molecular formula is C17H26F4IN3O. The molecule has 0 heterocycles. The quantitative estimate of drug-likeness (QED) is 0.191. The highest BCUT2D eigenvalue weighted by atomic mass is 127. The minimum Gasteiger partial charge on any atom is -0.372 e. The van der Waals surface area contributed by atoms with Crippen molar-refractivity contribution in [1.29, 1.82) is 0 Å². The van der Waals surface area contributed by atoms with Crippen molar-refractivity contribution in [3.05, 3.63) is 35.6 Å². The van der Waals surface area contributed by atoms with Crippen LogP contribution in [-0.4, -0.2) is 45.5 Å². The third kappa shape index (κ3) is 10.1. The first-order chi connectivity index (χ1) is 11.6. The largest absolute Gasteiger partial charge is 0.411 e. The van der Waals surface area contributed by atoms with E-state index in [4.69, 9.17) is 0 Å². The number of nitrogens with one attached hydrogen (secondary N) is 2. The average molecular weight is 491 g/mol. The van der Waals surface area contributed by atoms with Crippen LogP contribution in [0.25, 0.3) is 0 Å². The molecule has 0 bridgehead atoms. The molecule has 0 aliphatic heterocycles. The van der Waals surface area contributed by atoms with Crippen molar-refractivity contribution in [2.45, 2.75) is 31.9 Å². The smallest absolute Gasteiger partial charge is 0.372 e. The van der Waals surface area contributed by atoms with Gasteiger partial charge in [-0.1, -0.05) is 26.0 Å². The Morgan fingerprint density at radius 2 is 1.88 bits per heavy atom. The lowest BCUT2D eigenvalue weighted by Gasteiger charge is -2.26. The number of rotatable bonds is 8. The summed E-state index contributed by atoms with van der Waals surface area (Å²) < 4.78 is 53.7. The zero-order valence-electron chi connectivity index (χ0n) is 15.1. The first-order valence-corrected chi connectivity index (χ1v) is 7.99. The lowest BCUT2D eigenvalue weighted by Crippen LogP contribution is -2.43. The van der Waals surface area contributed by atoms with Crippen LogP contribution in [0.15, 0.2) is 29.3 Å². The predicted octanol–water partition coefficient (Wildman–Crippen LogP) is 3.86. The van der Waals surface area contributed by atoms with Gasteiger partial charge in [0.25, 0.3) is 0 Å². The molecule has 1 aromatic carbocycles. The second-order valence-electron chi connectivity index (χ2n) is 6.27. The van der Waals surface area contributed by atoms with Crippen molar-refractivity contribution in [3.63, 3.8) is 0 Å². The summed E-state index contributed by atoms with van der Waals surface area (Å²) in [6.45, 7) is 3.68. The van der Waals surface area contributed by atoms with Crippen LogP contribution in [0.1, 0.15) is 25.8 Å². The van der Waals surface area contributed by atoms with E-state index < -0.39 is 12.8 Å². The van der Waals surface area contributed by atoms with Crippen molar-refractivity contribution in [2.24, 2.45) is 4.99 Å². The van der Waals surface area contributed by atoms with E-state index >= 15 is 0 Å². The summed E-state index contributed by atoms with van der Waals surface area (Å²) in [6, 6.07) is 6.42. The number of nitrogens with zero attached hydrogens (tertiary/aromatic N) is 1. The van der Waals surface area contributed by atoms with Crippen LogP contribution < -0.4 is 10.6 Å².